The number of carbonyl (C=O) groups is 1. The zero-order chi connectivity index (χ0) is 16.8. The molecule has 0 saturated carbocycles. The fraction of sp³-hybridized carbons (Fsp3) is 0.0952. The second-order valence-electron chi connectivity index (χ2n) is 5.53. The van der Waals surface area contributed by atoms with Gasteiger partial charge in [-0.15, -0.1) is 0 Å². The summed E-state index contributed by atoms with van der Waals surface area (Å²) in [5, 5.41) is 5.78. The third-order valence-corrected chi connectivity index (χ3v) is 3.90. The molecule has 3 heteroatoms. The van der Waals surface area contributed by atoms with Crippen LogP contribution < -0.4 is 10.6 Å². The zero-order valence-corrected chi connectivity index (χ0v) is 13.6. The first-order valence-corrected chi connectivity index (χ1v) is 8.07. The SMILES string of the molecule is CCc1ccccc1NC(=O)Nc1ccc(-c2ccccc2)cc1. The molecule has 0 aliphatic rings. The van der Waals surface area contributed by atoms with E-state index >= 15 is 0 Å². The lowest BCUT2D eigenvalue weighted by atomic mass is 10.1. The van der Waals surface area contributed by atoms with Gasteiger partial charge in [0.1, 0.15) is 0 Å². The van der Waals surface area contributed by atoms with Gasteiger partial charge in [0.15, 0.2) is 0 Å². The molecule has 3 aromatic carbocycles. The summed E-state index contributed by atoms with van der Waals surface area (Å²) in [5.41, 5.74) is 5.01. The normalized spacial score (nSPS) is 10.2. The van der Waals surface area contributed by atoms with Gasteiger partial charge < -0.3 is 10.6 Å². The predicted octanol–water partition coefficient (Wildman–Crippen LogP) is 5.56. The van der Waals surface area contributed by atoms with Crippen LogP contribution in [0.3, 0.4) is 0 Å². The maximum Gasteiger partial charge on any atom is 0.323 e. The average Bonchev–Trinajstić information content (AvgIpc) is 2.63. The Bertz CT molecular complexity index is 811. The van der Waals surface area contributed by atoms with Crippen LogP contribution in [0.15, 0.2) is 78.9 Å². The van der Waals surface area contributed by atoms with Gasteiger partial charge in [-0.2, -0.15) is 0 Å². The first-order chi connectivity index (χ1) is 11.8. The Labute approximate surface area is 142 Å². The lowest BCUT2D eigenvalue weighted by Gasteiger charge is -2.11. The van der Waals surface area contributed by atoms with Crippen molar-refractivity contribution in [1.82, 2.24) is 0 Å². The number of carbonyl (C=O) groups excluding carboxylic acids is 1. The summed E-state index contributed by atoms with van der Waals surface area (Å²) < 4.78 is 0. The topological polar surface area (TPSA) is 41.1 Å². The Hall–Kier alpha value is -3.07. The molecule has 0 atom stereocenters. The van der Waals surface area contributed by atoms with E-state index < -0.39 is 0 Å². The molecule has 0 unspecified atom stereocenters. The Balaban J connectivity index is 1.67. The van der Waals surface area contributed by atoms with Crippen molar-refractivity contribution in [3.63, 3.8) is 0 Å². The van der Waals surface area contributed by atoms with Crippen LogP contribution in [0.2, 0.25) is 0 Å². The molecule has 120 valence electrons. The highest BCUT2D eigenvalue weighted by molar-refractivity contribution is 6.00. The smallest absolute Gasteiger partial charge is 0.308 e. The Morgan fingerprint density at radius 2 is 1.38 bits per heavy atom. The van der Waals surface area contributed by atoms with Crippen molar-refractivity contribution in [3.8, 4) is 11.1 Å². The van der Waals surface area contributed by atoms with Gasteiger partial charge >= 0.3 is 6.03 Å². The number of rotatable bonds is 4. The van der Waals surface area contributed by atoms with Crippen molar-refractivity contribution in [3.05, 3.63) is 84.4 Å². The van der Waals surface area contributed by atoms with Gasteiger partial charge in [0, 0.05) is 11.4 Å². The monoisotopic (exact) mass is 316 g/mol. The summed E-state index contributed by atoms with van der Waals surface area (Å²) in [7, 11) is 0. The largest absolute Gasteiger partial charge is 0.323 e. The van der Waals surface area contributed by atoms with Gasteiger partial charge in [-0.25, -0.2) is 4.79 Å². The van der Waals surface area contributed by atoms with E-state index in [0.717, 1.165) is 34.5 Å². The van der Waals surface area contributed by atoms with Crippen molar-refractivity contribution in [1.29, 1.82) is 0 Å². The van der Waals surface area contributed by atoms with E-state index in [2.05, 4.69) is 29.7 Å². The van der Waals surface area contributed by atoms with Gasteiger partial charge in [-0.1, -0.05) is 67.6 Å². The Kier molecular flexibility index (Phi) is 4.92. The fourth-order valence-electron chi connectivity index (χ4n) is 2.61. The molecule has 0 fully saturated rings. The third kappa shape index (κ3) is 3.82. The average molecular weight is 316 g/mol. The molecule has 0 aromatic heterocycles. The first-order valence-electron chi connectivity index (χ1n) is 8.07. The molecule has 2 N–H and O–H groups in total. The summed E-state index contributed by atoms with van der Waals surface area (Å²) in [5.74, 6) is 0. The Morgan fingerprint density at radius 3 is 2.08 bits per heavy atom. The molecule has 0 aliphatic heterocycles. The molecule has 0 bridgehead atoms. The van der Waals surface area contributed by atoms with Gasteiger partial charge in [0.2, 0.25) is 0 Å². The van der Waals surface area contributed by atoms with E-state index in [4.69, 9.17) is 0 Å². The molecule has 3 nitrogen and oxygen atoms in total. The van der Waals surface area contributed by atoms with Crippen LogP contribution in [0.1, 0.15) is 12.5 Å². The van der Waals surface area contributed by atoms with Crippen molar-refractivity contribution < 1.29 is 4.79 Å². The van der Waals surface area contributed by atoms with Crippen LogP contribution in [-0.2, 0) is 6.42 Å². The Morgan fingerprint density at radius 1 is 0.750 bits per heavy atom. The van der Waals surface area contributed by atoms with Crippen LogP contribution in [0, 0.1) is 0 Å². The van der Waals surface area contributed by atoms with Crippen molar-refractivity contribution in [2.75, 3.05) is 10.6 Å². The highest BCUT2D eigenvalue weighted by atomic mass is 16.2. The van der Waals surface area contributed by atoms with Crippen LogP contribution in [0.25, 0.3) is 11.1 Å². The molecule has 0 heterocycles. The van der Waals surface area contributed by atoms with Crippen LogP contribution >= 0.6 is 0 Å². The van der Waals surface area contributed by atoms with E-state index in [1.165, 1.54) is 0 Å². The molecular weight excluding hydrogens is 296 g/mol. The highest BCUT2D eigenvalue weighted by Gasteiger charge is 2.06. The minimum Gasteiger partial charge on any atom is -0.308 e. The van der Waals surface area contributed by atoms with Gasteiger partial charge in [0.05, 0.1) is 0 Å². The van der Waals surface area contributed by atoms with Crippen LogP contribution in [0.5, 0.6) is 0 Å². The second-order valence-corrected chi connectivity index (χ2v) is 5.53. The van der Waals surface area contributed by atoms with Gasteiger partial charge in [-0.3, -0.25) is 0 Å². The lowest BCUT2D eigenvalue weighted by molar-refractivity contribution is 0.262. The van der Waals surface area contributed by atoms with E-state index in [9.17, 15) is 4.79 Å². The molecule has 0 saturated heterocycles. The molecule has 3 rings (SSSR count). The quantitative estimate of drug-likeness (QED) is 0.650. The molecule has 3 aromatic rings. The molecular formula is C21H20N2O. The van der Waals surface area contributed by atoms with E-state index in [1.807, 2.05) is 66.7 Å². The third-order valence-electron chi connectivity index (χ3n) is 3.90. The maximum atomic E-state index is 12.2. The number of anilines is 2. The minimum atomic E-state index is -0.233. The summed E-state index contributed by atoms with van der Waals surface area (Å²) >= 11 is 0. The number of benzene rings is 3. The van der Waals surface area contributed by atoms with Crippen molar-refractivity contribution in [2.45, 2.75) is 13.3 Å². The standard InChI is InChI=1S/C21H20N2O/c1-2-16-8-6-7-11-20(16)23-21(24)22-19-14-12-18(13-15-19)17-9-4-3-5-10-17/h3-15H,2H2,1H3,(H2,22,23,24). The van der Waals surface area contributed by atoms with Crippen LogP contribution in [-0.4, -0.2) is 6.03 Å². The number of aryl methyl sites for hydroxylation is 1. The van der Waals surface area contributed by atoms with E-state index in [1.54, 1.807) is 0 Å². The molecule has 24 heavy (non-hydrogen) atoms. The number of para-hydroxylation sites is 1. The van der Waals surface area contributed by atoms with Crippen molar-refractivity contribution >= 4 is 17.4 Å². The summed E-state index contributed by atoms with van der Waals surface area (Å²) in [6.07, 6.45) is 0.877. The first kappa shape index (κ1) is 15.8. The highest BCUT2D eigenvalue weighted by Crippen LogP contribution is 2.21. The lowest BCUT2D eigenvalue weighted by Crippen LogP contribution is -2.20. The number of nitrogens with one attached hydrogen (secondary N) is 2. The van der Waals surface area contributed by atoms with Crippen molar-refractivity contribution in [2.24, 2.45) is 0 Å². The fourth-order valence-corrected chi connectivity index (χ4v) is 2.61. The molecule has 2 amide bonds. The molecule has 0 spiro atoms. The second kappa shape index (κ2) is 7.47. The number of urea groups is 1. The minimum absolute atomic E-state index is 0.233. The number of hydrogen-bond donors (Lipinski definition) is 2. The van der Waals surface area contributed by atoms with E-state index in [0.29, 0.717) is 0 Å². The number of amides is 2. The summed E-state index contributed by atoms with van der Waals surface area (Å²) in [6, 6.07) is 25.6. The molecule has 0 aliphatic carbocycles. The van der Waals surface area contributed by atoms with E-state index in [-0.39, 0.29) is 6.03 Å². The summed E-state index contributed by atoms with van der Waals surface area (Å²) in [4.78, 5) is 12.2. The number of hydrogen-bond acceptors (Lipinski definition) is 1. The molecule has 0 radical (unpaired) electrons. The maximum absolute atomic E-state index is 12.2. The predicted molar refractivity (Wildman–Crippen MR) is 100 cm³/mol. The summed E-state index contributed by atoms with van der Waals surface area (Å²) in [6.45, 7) is 2.07. The zero-order valence-electron chi connectivity index (χ0n) is 13.6. The van der Waals surface area contributed by atoms with Crippen LogP contribution in [0.4, 0.5) is 16.2 Å². The van der Waals surface area contributed by atoms with Gasteiger partial charge in [0.25, 0.3) is 0 Å². The van der Waals surface area contributed by atoms with Gasteiger partial charge in [-0.05, 0) is 41.3 Å².